The number of rotatable bonds is 9. The first-order valence-electron chi connectivity index (χ1n) is 20.1. The van der Waals surface area contributed by atoms with Crippen molar-refractivity contribution in [2.75, 3.05) is 13.6 Å². The molecule has 0 saturated heterocycles. The van der Waals surface area contributed by atoms with Gasteiger partial charge in [-0.3, -0.25) is 24.2 Å². The maximum absolute atomic E-state index is 14.1. The molecule has 53 heavy (non-hydrogen) atoms. The van der Waals surface area contributed by atoms with Crippen LogP contribution in [0.4, 0.5) is 0 Å². The van der Waals surface area contributed by atoms with E-state index in [1.54, 1.807) is 50.3 Å². The highest BCUT2D eigenvalue weighted by Crippen LogP contribution is 2.77. The van der Waals surface area contributed by atoms with Crippen LogP contribution in [0.1, 0.15) is 137 Å². The number of aliphatic hydroxyl groups excluding tert-OH is 1. The number of allylic oxidation sites excluding steroid dienone is 1. The second-order valence-corrected chi connectivity index (χ2v) is 20.0. The first kappa shape index (κ1) is 39.6. The van der Waals surface area contributed by atoms with Crippen molar-refractivity contribution < 1.29 is 34.1 Å². The molecule has 0 spiro atoms. The zero-order chi connectivity index (χ0) is 39.1. The number of carboxylic acids is 1. The molecule has 1 aromatic heterocycles. The molecule has 9 heteroatoms. The fourth-order valence-electron chi connectivity index (χ4n) is 13.1. The number of fused-ring (bicyclic) bond motifs is 7. The maximum atomic E-state index is 14.1. The topological polar surface area (TPSA) is 134 Å². The van der Waals surface area contributed by atoms with Crippen LogP contribution in [0.2, 0.25) is 0 Å². The number of hydrogen-bond acceptors (Lipinski definition) is 7. The number of ether oxygens (including phenoxy) is 1. The molecule has 2 N–H and O–H groups in total. The minimum atomic E-state index is -1.18. The van der Waals surface area contributed by atoms with Crippen LogP contribution in [0.15, 0.2) is 35.7 Å². The second-order valence-electron chi connectivity index (χ2n) is 20.0. The number of carbonyl (C=O) groups is 4. The van der Waals surface area contributed by atoms with Crippen LogP contribution in [0.25, 0.3) is 0 Å². The molecule has 9 nitrogen and oxygen atoms in total. The molecule has 1 aromatic rings. The van der Waals surface area contributed by atoms with Gasteiger partial charge in [0.25, 0.3) is 5.91 Å². The van der Waals surface area contributed by atoms with Crippen LogP contribution in [0, 0.1) is 56.2 Å². The van der Waals surface area contributed by atoms with Gasteiger partial charge in [-0.25, -0.2) is 0 Å². The molecular weight excluding hydrogens is 668 g/mol. The van der Waals surface area contributed by atoms with E-state index in [4.69, 9.17) is 4.74 Å². The van der Waals surface area contributed by atoms with Crippen molar-refractivity contribution in [3.8, 4) is 0 Å². The Morgan fingerprint density at radius 3 is 2.30 bits per heavy atom. The van der Waals surface area contributed by atoms with Crippen molar-refractivity contribution in [3.63, 3.8) is 0 Å². The summed E-state index contributed by atoms with van der Waals surface area (Å²) >= 11 is 0. The van der Waals surface area contributed by atoms with Gasteiger partial charge < -0.3 is 19.8 Å². The van der Waals surface area contributed by atoms with E-state index in [1.165, 1.54) is 5.57 Å². The number of carbonyl (C=O) groups excluding carboxylic acids is 3. The Kier molecular flexibility index (Phi) is 9.94. The number of nitrogens with zero attached hydrogens (tertiary/aromatic N) is 2. The molecule has 5 aliphatic carbocycles. The fourth-order valence-corrected chi connectivity index (χ4v) is 13.1. The number of aliphatic hydroxyl groups is 1. The van der Waals surface area contributed by atoms with Gasteiger partial charge in [0.2, 0.25) is 0 Å². The summed E-state index contributed by atoms with van der Waals surface area (Å²) in [4.78, 5) is 58.0. The van der Waals surface area contributed by atoms with E-state index < -0.39 is 28.9 Å². The second kappa shape index (κ2) is 13.3. The fraction of sp³-hybridized carbons (Fsp3) is 0.750. The van der Waals surface area contributed by atoms with Gasteiger partial charge in [-0.1, -0.05) is 54.0 Å². The molecule has 0 aliphatic heterocycles. The average Bonchev–Trinajstić information content (AvgIpc) is 3.39. The van der Waals surface area contributed by atoms with Gasteiger partial charge in [-0.2, -0.15) is 0 Å². The zero-order valence-corrected chi connectivity index (χ0v) is 33.9. The molecule has 1 amide bonds. The smallest absolute Gasteiger partial charge is 0.309 e. The van der Waals surface area contributed by atoms with Gasteiger partial charge in [0, 0.05) is 43.2 Å². The van der Waals surface area contributed by atoms with Gasteiger partial charge >= 0.3 is 11.9 Å². The molecule has 4 saturated carbocycles. The molecule has 292 valence electrons. The zero-order valence-electron chi connectivity index (χ0n) is 33.9. The van der Waals surface area contributed by atoms with E-state index in [-0.39, 0.29) is 64.3 Å². The summed E-state index contributed by atoms with van der Waals surface area (Å²) in [5, 5.41) is 21.9. The number of aromatic nitrogens is 1. The quantitative estimate of drug-likeness (QED) is 0.245. The van der Waals surface area contributed by atoms with Crippen LogP contribution < -0.4 is 0 Å². The summed E-state index contributed by atoms with van der Waals surface area (Å²) in [5.41, 5.74) is 0.381. The molecule has 6 rings (SSSR count). The van der Waals surface area contributed by atoms with Gasteiger partial charge in [0.05, 0.1) is 23.5 Å². The summed E-state index contributed by atoms with van der Waals surface area (Å²) < 4.78 is 6.15. The molecule has 1 heterocycles. The predicted octanol–water partition coefficient (Wildman–Crippen LogP) is 7.91. The van der Waals surface area contributed by atoms with E-state index in [2.05, 4.69) is 53.5 Å². The molecule has 0 radical (unpaired) electrons. The lowest BCUT2D eigenvalue weighted by atomic mass is 9.33. The van der Waals surface area contributed by atoms with Crippen molar-refractivity contribution in [2.45, 2.75) is 139 Å². The predicted molar refractivity (Wildman–Crippen MR) is 203 cm³/mol. The normalized spacial score (nSPS) is 36.9. The number of carboxylic acid groups (broad SMARTS) is 1. The monoisotopic (exact) mass is 732 g/mol. The highest BCUT2D eigenvalue weighted by Gasteiger charge is 2.71. The third-order valence-corrected chi connectivity index (χ3v) is 16.2. The third kappa shape index (κ3) is 6.01. The van der Waals surface area contributed by atoms with Crippen molar-refractivity contribution in [3.05, 3.63) is 41.2 Å². The molecule has 9 atom stereocenters. The molecule has 0 unspecified atom stereocenters. The SMILES string of the molecule is CC(C)C1=C2[C@H]3CC[C@@H]4[C@@]5(C)CC[C@H](OC(=O)CC(C)(C)C(=O)O)C(C)(C)[C@@H]5CC[C@@]4(C)[C@]3(C)CC[C@@]2([C@@H](O)CN(C)C(=O)c2cccnc2)CC1=O. The molecule has 5 aliphatic rings. The standard InChI is InChI=1S/C44H64N2O7/c1-26(2)35-29(47)22-44(32(48)25-46(10)37(50)27-12-11-21-45-24-27)20-19-42(8)28(36(35)44)13-14-31-41(7)17-16-33(53-34(49)23-39(3,4)38(51)52)40(5,6)30(41)15-18-43(31,42)9/h11-12,21,24,26,28,30-33,48H,13-20,22-23,25H2,1-10H3,(H,51,52)/t28-,30+,31-,32+,33+,41+,42-,43-,44+/m1/s1. The van der Waals surface area contributed by atoms with E-state index >= 15 is 0 Å². The van der Waals surface area contributed by atoms with Crippen LogP contribution in [0.3, 0.4) is 0 Å². The molecule has 0 aromatic carbocycles. The number of ketones is 1. The minimum absolute atomic E-state index is 0.00280. The number of likely N-dealkylation sites (N-methyl/N-ethyl adjacent to an activating group) is 1. The largest absolute Gasteiger partial charge is 0.481 e. The van der Waals surface area contributed by atoms with Crippen LogP contribution >= 0.6 is 0 Å². The average molecular weight is 733 g/mol. The Morgan fingerprint density at radius 2 is 1.68 bits per heavy atom. The lowest BCUT2D eigenvalue weighted by Gasteiger charge is -2.72. The van der Waals surface area contributed by atoms with Crippen molar-refractivity contribution in [2.24, 2.45) is 56.2 Å². The molecule has 4 fully saturated rings. The van der Waals surface area contributed by atoms with Gasteiger partial charge in [-0.05, 0) is 123 Å². The Balaban J connectivity index is 1.28. The highest BCUT2D eigenvalue weighted by molar-refractivity contribution is 6.01. The summed E-state index contributed by atoms with van der Waals surface area (Å²) in [6.07, 6.45) is 9.57. The number of Topliss-reactive ketones (excluding diaryl/α,β-unsaturated/α-hetero) is 1. The number of pyridine rings is 1. The van der Waals surface area contributed by atoms with Crippen molar-refractivity contribution in [1.82, 2.24) is 9.88 Å². The van der Waals surface area contributed by atoms with Crippen LogP contribution in [-0.2, 0) is 19.1 Å². The van der Waals surface area contributed by atoms with Gasteiger partial charge in [0.15, 0.2) is 5.78 Å². The Bertz CT molecular complexity index is 1680. The van der Waals surface area contributed by atoms with Crippen LogP contribution in [-0.4, -0.2) is 69.5 Å². The van der Waals surface area contributed by atoms with Crippen LogP contribution in [0.5, 0.6) is 0 Å². The van der Waals surface area contributed by atoms with Gasteiger partial charge in [-0.15, -0.1) is 0 Å². The maximum Gasteiger partial charge on any atom is 0.309 e. The highest BCUT2D eigenvalue weighted by atomic mass is 16.5. The van der Waals surface area contributed by atoms with Crippen molar-refractivity contribution >= 4 is 23.6 Å². The first-order valence-corrected chi connectivity index (χ1v) is 20.1. The number of esters is 1. The lowest BCUT2D eigenvalue weighted by molar-refractivity contribution is -0.235. The third-order valence-electron chi connectivity index (χ3n) is 16.2. The van der Waals surface area contributed by atoms with E-state index in [1.807, 2.05) is 0 Å². The van der Waals surface area contributed by atoms with E-state index in [0.717, 1.165) is 50.5 Å². The Hall–Kier alpha value is -3.07. The van der Waals surface area contributed by atoms with E-state index in [0.29, 0.717) is 30.2 Å². The number of aliphatic carboxylic acids is 1. The van der Waals surface area contributed by atoms with Crippen molar-refractivity contribution in [1.29, 1.82) is 0 Å². The first-order chi connectivity index (χ1) is 24.6. The Labute approximate surface area is 316 Å². The van der Waals surface area contributed by atoms with E-state index in [9.17, 15) is 29.4 Å². The summed E-state index contributed by atoms with van der Waals surface area (Å²) in [6, 6.07) is 3.48. The molecule has 0 bridgehead atoms. The number of hydrogen-bond donors (Lipinski definition) is 2. The summed E-state index contributed by atoms with van der Waals surface area (Å²) in [6.45, 7) is 19.5. The lowest BCUT2D eigenvalue weighted by Crippen LogP contribution is -2.66. The molecular formula is C44H64N2O7. The summed E-state index contributed by atoms with van der Waals surface area (Å²) in [5.74, 6) is -0.488. The number of amides is 1. The van der Waals surface area contributed by atoms with Gasteiger partial charge in [0.1, 0.15) is 6.10 Å². The Morgan fingerprint density at radius 1 is 0.981 bits per heavy atom. The summed E-state index contributed by atoms with van der Waals surface area (Å²) in [7, 11) is 1.73. The minimum Gasteiger partial charge on any atom is -0.481 e.